The number of rotatable bonds is 2. The van der Waals surface area contributed by atoms with Crippen LogP contribution in [0.15, 0.2) is 4.47 Å². The van der Waals surface area contributed by atoms with Gasteiger partial charge in [-0.15, -0.1) is 0 Å². The van der Waals surface area contributed by atoms with Gasteiger partial charge in [-0.2, -0.15) is 5.10 Å². The number of carbonyl (C=O) groups is 1. The van der Waals surface area contributed by atoms with Gasteiger partial charge in [-0.05, 0) is 42.1 Å². The van der Waals surface area contributed by atoms with E-state index in [1.807, 2.05) is 4.90 Å². The van der Waals surface area contributed by atoms with Crippen molar-refractivity contribution in [3.63, 3.8) is 0 Å². The number of piperidine rings is 1. The lowest BCUT2D eigenvalue weighted by molar-refractivity contribution is 0.0627. The predicted molar refractivity (Wildman–Crippen MR) is 71.8 cm³/mol. The van der Waals surface area contributed by atoms with Gasteiger partial charge in [0.1, 0.15) is 4.47 Å². The van der Waals surface area contributed by atoms with E-state index in [1.54, 1.807) is 18.8 Å². The first-order valence-electron chi connectivity index (χ1n) is 6.13. The molecule has 1 aromatic heterocycles. The van der Waals surface area contributed by atoms with E-state index in [4.69, 9.17) is 4.74 Å². The molecule has 0 aliphatic carbocycles. The molecular weight excluding hydrogens is 298 g/mol. The molecule has 0 spiro atoms. The highest BCUT2D eigenvalue weighted by molar-refractivity contribution is 9.10. The zero-order valence-electron chi connectivity index (χ0n) is 10.9. The van der Waals surface area contributed by atoms with Crippen LogP contribution in [0.25, 0.3) is 0 Å². The number of halogens is 1. The lowest BCUT2D eigenvalue weighted by Gasteiger charge is -2.32. The molecule has 1 amide bonds. The van der Waals surface area contributed by atoms with Crippen molar-refractivity contribution in [2.75, 3.05) is 13.7 Å². The quantitative estimate of drug-likeness (QED) is 0.840. The Morgan fingerprint density at radius 2 is 2.22 bits per heavy atom. The zero-order chi connectivity index (χ0) is 13.3. The van der Waals surface area contributed by atoms with Crippen molar-refractivity contribution in [2.45, 2.75) is 32.2 Å². The van der Waals surface area contributed by atoms with Crippen LogP contribution in [0.2, 0.25) is 0 Å². The third kappa shape index (κ3) is 2.25. The van der Waals surface area contributed by atoms with Crippen LogP contribution in [0.1, 0.15) is 36.7 Å². The number of methoxy groups -OCH3 is 1. The highest BCUT2D eigenvalue weighted by Gasteiger charge is 2.29. The van der Waals surface area contributed by atoms with Crippen molar-refractivity contribution in [2.24, 2.45) is 7.05 Å². The normalized spacial score (nSPS) is 20.0. The summed E-state index contributed by atoms with van der Waals surface area (Å²) in [5.41, 5.74) is 0.433. The lowest BCUT2D eigenvalue weighted by Crippen LogP contribution is -2.42. The average molecular weight is 316 g/mol. The summed E-state index contributed by atoms with van der Waals surface area (Å²) in [5.74, 6) is 0.552. The number of hydrogen-bond acceptors (Lipinski definition) is 3. The summed E-state index contributed by atoms with van der Waals surface area (Å²) in [7, 11) is 3.33. The maximum absolute atomic E-state index is 12.5. The van der Waals surface area contributed by atoms with E-state index >= 15 is 0 Å². The van der Waals surface area contributed by atoms with Gasteiger partial charge in [0.2, 0.25) is 5.88 Å². The first-order chi connectivity index (χ1) is 8.56. The van der Waals surface area contributed by atoms with Crippen molar-refractivity contribution in [3.05, 3.63) is 10.2 Å². The second kappa shape index (κ2) is 5.30. The molecule has 0 N–H and O–H groups in total. The van der Waals surface area contributed by atoms with Crippen LogP contribution in [0.4, 0.5) is 0 Å². The molecule has 0 saturated carbocycles. The van der Waals surface area contributed by atoms with Gasteiger partial charge in [-0.25, -0.2) is 4.68 Å². The first-order valence-corrected chi connectivity index (χ1v) is 6.93. The number of carbonyl (C=O) groups excluding carboxylic acids is 1. The van der Waals surface area contributed by atoms with Crippen molar-refractivity contribution < 1.29 is 9.53 Å². The van der Waals surface area contributed by atoms with E-state index in [9.17, 15) is 4.79 Å². The molecule has 0 bridgehead atoms. The van der Waals surface area contributed by atoms with E-state index < -0.39 is 0 Å². The molecule has 18 heavy (non-hydrogen) atoms. The number of ether oxygens (including phenoxy) is 1. The summed E-state index contributed by atoms with van der Waals surface area (Å²) in [6.07, 6.45) is 3.32. The minimum Gasteiger partial charge on any atom is -0.480 e. The summed E-state index contributed by atoms with van der Waals surface area (Å²) in [4.78, 5) is 14.4. The fraction of sp³-hybridized carbons (Fsp3) is 0.667. The van der Waals surface area contributed by atoms with Gasteiger partial charge in [0.15, 0.2) is 5.69 Å². The van der Waals surface area contributed by atoms with Crippen molar-refractivity contribution in [1.29, 1.82) is 0 Å². The molecule has 1 unspecified atom stereocenters. The molecule has 5 nitrogen and oxygen atoms in total. The van der Waals surface area contributed by atoms with Gasteiger partial charge in [-0.3, -0.25) is 4.79 Å². The minimum atomic E-state index is -0.0204. The van der Waals surface area contributed by atoms with Crippen LogP contribution in [-0.2, 0) is 7.05 Å². The van der Waals surface area contributed by atoms with Crippen LogP contribution < -0.4 is 4.74 Å². The molecule has 0 radical (unpaired) electrons. The molecule has 1 aliphatic rings. The standard InChI is InChI=1S/C12H18BrN3O2/c1-8-6-4-5-7-16(8)11(17)10-9(13)12(18-3)15(2)14-10/h8H,4-7H2,1-3H3. The Bertz CT molecular complexity index is 458. The van der Waals surface area contributed by atoms with E-state index in [1.165, 1.54) is 6.42 Å². The van der Waals surface area contributed by atoms with Crippen LogP contribution in [0, 0.1) is 0 Å². The van der Waals surface area contributed by atoms with E-state index in [0.717, 1.165) is 19.4 Å². The highest BCUT2D eigenvalue weighted by atomic mass is 79.9. The van der Waals surface area contributed by atoms with Crippen molar-refractivity contribution >= 4 is 21.8 Å². The number of likely N-dealkylation sites (tertiary alicyclic amines) is 1. The number of nitrogens with zero attached hydrogens (tertiary/aromatic N) is 3. The molecule has 6 heteroatoms. The van der Waals surface area contributed by atoms with Gasteiger partial charge >= 0.3 is 0 Å². The monoisotopic (exact) mass is 315 g/mol. The zero-order valence-corrected chi connectivity index (χ0v) is 12.5. The average Bonchev–Trinajstić information content (AvgIpc) is 2.64. The summed E-state index contributed by atoms with van der Waals surface area (Å²) in [5, 5.41) is 4.24. The molecule has 1 aromatic rings. The Morgan fingerprint density at radius 3 is 2.78 bits per heavy atom. The van der Waals surface area contributed by atoms with Crippen molar-refractivity contribution in [1.82, 2.24) is 14.7 Å². The third-order valence-corrected chi connectivity index (χ3v) is 4.11. The van der Waals surface area contributed by atoms with E-state index in [-0.39, 0.29) is 11.9 Å². The summed E-state index contributed by atoms with van der Waals surface area (Å²) in [6.45, 7) is 2.90. The molecule has 2 rings (SSSR count). The lowest BCUT2D eigenvalue weighted by atomic mass is 10.0. The van der Waals surface area contributed by atoms with Gasteiger partial charge in [0.25, 0.3) is 5.91 Å². The van der Waals surface area contributed by atoms with Gasteiger partial charge in [0.05, 0.1) is 7.11 Å². The fourth-order valence-electron chi connectivity index (χ4n) is 2.38. The first kappa shape index (κ1) is 13.4. The molecule has 1 aliphatic heterocycles. The smallest absolute Gasteiger partial charge is 0.275 e. The summed E-state index contributed by atoms with van der Waals surface area (Å²) >= 11 is 3.39. The van der Waals surface area contributed by atoms with Crippen LogP contribution in [-0.4, -0.2) is 40.3 Å². The SMILES string of the molecule is COc1c(Br)c(C(=O)N2CCCCC2C)nn1C. The molecule has 1 saturated heterocycles. The minimum absolute atomic E-state index is 0.0204. The van der Waals surface area contributed by atoms with Crippen molar-refractivity contribution in [3.8, 4) is 5.88 Å². The molecule has 1 atom stereocenters. The Labute approximate surface area is 115 Å². The van der Waals surface area contributed by atoms with E-state index in [2.05, 4.69) is 28.0 Å². The molecule has 1 fully saturated rings. The topological polar surface area (TPSA) is 47.4 Å². The van der Waals surface area contributed by atoms with Gasteiger partial charge in [-0.1, -0.05) is 0 Å². The second-order valence-corrected chi connectivity index (χ2v) is 5.43. The van der Waals surface area contributed by atoms with Crippen LogP contribution >= 0.6 is 15.9 Å². The molecule has 100 valence electrons. The molecule has 0 aromatic carbocycles. The van der Waals surface area contributed by atoms with Crippen LogP contribution in [0.5, 0.6) is 5.88 Å². The Morgan fingerprint density at radius 1 is 1.50 bits per heavy atom. The second-order valence-electron chi connectivity index (χ2n) is 4.64. The largest absolute Gasteiger partial charge is 0.480 e. The number of aromatic nitrogens is 2. The molecular formula is C12H18BrN3O2. The van der Waals surface area contributed by atoms with E-state index in [0.29, 0.717) is 16.0 Å². The number of hydrogen-bond donors (Lipinski definition) is 0. The maximum atomic E-state index is 12.5. The van der Waals surface area contributed by atoms with Crippen LogP contribution in [0.3, 0.4) is 0 Å². The summed E-state index contributed by atoms with van der Waals surface area (Å²) in [6, 6.07) is 0.283. The van der Waals surface area contributed by atoms with Gasteiger partial charge < -0.3 is 9.64 Å². The highest BCUT2D eigenvalue weighted by Crippen LogP contribution is 2.30. The third-order valence-electron chi connectivity index (χ3n) is 3.40. The molecule has 2 heterocycles. The summed E-state index contributed by atoms with van der Waals surface area (Å²) < 4.78 is 7.41. The Hall–Kier alpha value is -1.04. The maximum Gasteiger partial charge on any atom is 0.275 e. The Kier molecular flexibility index (Phi) is 3.94. The Balaban J connectivity index is 2.28. The fourth-order valence-corrected chi connectivity index (χ4v) is 3.04. The number of amides is 1. The number of aryl methyl sites for hydroxylation is 1. The predicted octanol–water partition coefficient (Wildman–Crippen LogP) is 2.21. The van der Waals surface area contributed by atoms with Gasteiger partial charge in [0, 0.05) is 19.6 Å².